The first-order valence-electron chi connectivity index (χ1n) is 6.81. The maximum atomic E-state index is 12.8. The molecule has 0 aromatic heterocycles. The molecule has 116 valence electrons. The van der Waals surface area contributed by atoms with E-state index in [9.17, 15) is 13.2 Å². The van der Waals surface area contributed by atoms with Crippen LogP contribution in [0.5, 0.6) is 0 Å². The molecule has 1 aliphatic rings. The molecular weight excluding hydrogens is 283 g/mol. The van der Waals surface area contributed by atoms with E-state index in [0.717, 1.165) is 38.1 Å². The number of amidine groups is 1. The van der Waals surface area contributed by atoms with Gasteiger partial charge in [-0.3, -0.25) is 0 Å². The van der Waals surface area contributed by atoms with Crippen LogP contribution in [0.15, 0.2) is 23.4 Å². The molecule has 0 bridgehead atoms. The number of nitrogens with two attached hydrogens (primary N) is 1. The number of hydrogen-bond donors (Lipinski definition) is 2. The molecule has 2 rings (SSSR count). The van der Waals surface area contributed by atoms with Crippen LogP contribution in [0.3, 0.4) is 0 Å². The van der Waals surface area contributed by atoms with Crippen LogP contribution in [-0.2, 0) is 6.18 Å². The molecule has 0 amide bonds. The summed E-state index contributed by atoms with van der Waals surface area (Å²) in [6.07, 6.45) is -2.44. The van der Waals surface area contributed by atoms with Gasteiger partial charge in [-0.15, -0.1) is 0 Å². The van der Waals surface area contributed by atoms with Crippen LogP contribution in [0.25, 0.3) is 0 Å². The number of alkyl halides is 3. The highest BCUT2D eigenvalue weighted by atomic mass is 19.4. The van der Waals surface area contributed by atoms with E-state index in [1.807, 2.05) is 4.90 Å². The van der Waals surface area contributed by atoms with Crippen LogP contribution in [0.1, 0.15) is 30.9 Å². The van der Waals surface area contributed by atoms with Crippen LogP contribution in [-0.4, -0.2) is 24.1 Å². The van der Waals surface area contributed by atoms with Gasteiger partial charge in [0.15, 0.2) is 5.84 Å². The Bertz CT molecular complexity index is 543. The molecule has 7 heteroatoms. The number of anilines is 1. The lowest BCUT2D eigenvalue weighted by atomic mass is 10.1. The fourth-order valence-corrected chi connectivity index (χ4v) is 2.63. The maximum Gasteiger partial charge on any atom is 0.416 e. The summed E-state index contributed by atoms with van der Waals surface area (Å²) < 4.78 is 38.4. The van der Waals surface area contributed by atoms with Gasteiger partial charge in [0.05, 0.1) is 5.56 Å². The summed E-state index contributed by atoms with van der Waals surface area (Å²) >= 11 is 0. The Kier molecular flexibility index (Phi) is 4.29. The van der Waals surface area contributed by atoms with Gasteiger partial charge in [-0.05, 0) is 30.5 Å². The molecule has 1 fully saturated rings. The Labute approximate surface area is 121 Å². The van der Waals surface area contributed by atoms with Gasteiger partial charge in [-0.25, -0.2) is 0 Å². The fraction of sp³-hybridized carbons (Fsp3) is 0.500. The lowest BCUT2D eigenvalue weighted by Gasteiger charge is -2.22. The molecule has 1 aliphatic heterocycles. The van der Waals surface area contributed by atoms with Crippen LogP contribution in [0.4, 0.5) is 18.9 Å². The maximum absolute atomic E-state index is 12.8. The van der Waals surface area contributed by atoms with Crippen LogP contribution in [0, 0.1) is 5.92 Å². The predicted octanol–water partition coefficient (Wildman–Crippen LogP) is 3.04. The number of hydrogen-bond acceptors (Lipinski definition) is 3. The lowest BCUT2D eigenvalue weighted by Crippen LogP contribution is -2.25. The van der Waals surface area contributed by atoms with Crippen molar-refractivity contribution in [3.63, 3.8) is 0 Å². The van der Waals surface area contributed by atoms with Crippen LogP contribution in [0.2, 0.25) is 0 Å². The van der Waals surface area contributed by atoms with E-state index in [2.05, 4.69) is 12.1 Å². The standard InChI is InChI=1S/C14H18F3N3O/c1-2-9-5-6-20(8-9)12-4-3-10(14(15,16)17)7-11(12)13(18)19-21/h3-4,7,9,21H,2,5-6,8H2,1H3,(H2,18,19). The zero-order valence-electron chi connectivity index (χ0n) is 11.7. The second kappa shape index (κ2) is 5.83. The second-order valence-corrected chi connectivity index (χ2v) is 5.22. The summed E-state index contributed by atoms with van der Waals surface area (Å²) in [6.45, 7) is 3.62. The lowest BCUT2D eigenvalue weighted by molar-refractivity contribution is -0.137. The molecule has 1 aromatic rings. The Balaban J connectivity index is 2.41. The topological polar surface area (TPSA) is 61.8 Å². The molecule has 1 atom stereocenters. The van der Waals surface area contributed by atoms with Crippen LogP contribution < -0.4 is 10.6 Å². The minimum Gasteiger partial charge on any atom is -0.409 e. The van der Waals surface area contributed by atoms with Crippen molar-refractivity contribution in [2.45, 2.75) is 25.9 Å². The molecule has 4 nitrogen and oxygen atoms in total. The van der Waals surface area contributed by atoms with Gasteiger partial charge in [-0.2, -0.15) is 13.2 Å². The molecule has 1 unspecified atom stereocenters. The smallest absolute Gasteiger partial charge is 0.409 e. The SMILES string of the molecule is CCC1CCN(c2ccc(C(F)(F)F)cc2/C(N)=N/O)C1. The average molecular weight is 301 g/mol. The van der Waals surface area contributed by atoms with Crippen molar-refractivity contribution in [3.8, 4) is 0 Å². The molecule has 0 saturated carbocycles. The molecule has 0 radical (unpaired) electrons. The zero-order valence-corrected chi connectivity index (χ0v) is 11.7. The molecule has 1 aromatic carbocycles. The largest absolute Gasteiger partial charge is 0.416 e. The first-order valence-corrected chi connectivity index (χ1v) is 6.81. The zero-order chi connectivity index (χ0) is 15.6. The van der Waals surface area contributed by atoms with Crippen molar-refractivity contribution in [2.75, 3.05) is 18.0 Å². The van der Waals surface area contributed by atoms with E-state index in [-0.39, 0.29) is 11.4 Å². The van der Waals surface area contributed by atoms with Gasteiger partial charge in [0, 0.05) is 24.3 Å². The molecule has 1 saturated heterocycles. The van der Waals surface area contributed by atoms with Crippen molar-refractivity contribution in [2.24, 2.45) is 16.8 Å². The molecule has 1 heterocycles. The first-order chi connectivity index (χ1) is 9.86. The van der Waals surface area contributed by atoms with Crippen molar-refractivity contribution in [1.29, 1.82) is 0 Å². The number of oxime groups is 1. The Morgan fingerprint density at radius 3 is 2.71 bits per heavy atom. The van der Waals surface area contributed by atoms with E-state index in [0.29, 0.717) is 11.6 Å². The molecule has 0 spiro atoms. The monoisotopic (exact) mass is 301 g/mol. The Morgan fingerprint density at radius 2 is 2.19 bits per heavy atom. The molecule has 21 heavy (non-hydrogen) atoms. The van der Waals surface area contributed by atoms with E-state index in [1.54, 1.807) is 0 Å². The van der Waals surface area contributed by atoms with Gasteiger partial charge < -0.3 is 15.8 Å². The van der Waals surface area contributed by atoms with Crippen molar-refractivity contribution < 1.29 is 18.4 Å². The molecule has 3 N–H and O–H groups in total. The van der Waals surface area contributed by atoms with Gasteiger partial charge in [0.1, 0.15) is 0 Å². The normalized spacial score (nSPS) is 20.1. The third-order valence-corrected chi connectivity index (χ3v) is 3.91. The molecular formula is C14H18F3N3O. The summed E-state index contributed by atoms with van der Waals surface area (Å²) in [7, 11) is 0. The van der Waals surface area contributed by atoms with Crippen molar-refractivity contribution in [3.05, 3.63) is 29.3 Å². The first kappa shape index (κ1) is 15.5. The van der Waals surface area contributed by atoms with Crippen molar-refractivity contribution >= 4 is 11.5 Å². The summed E-state index contributed by atoms with van der Waals surface area (Å²) in [6, 6.07) is 3.36. The fourth-order valence-electron chi connectivity index (χ4n) is 2.63. The summed E-state index contributed by atoms with van der Waals surface area (Å²) in [5, 5.41) is 11.7. The third kappa shape index (κ3) is 3.22. The highest BCUT2D eigenvalue weighted by Gasteiger charge is 2.32. The van der Waals surface area contributed by atoms with E-state index >= 15 is 0 Å². The number of benzene rings is 1. The third-order valence-electron chi connectivity index (χ3n) is 3.91. The summed E-state index contributed by atoms with van der Waals surface area (Å²) in [4.78, 5) is 1.99. The second-order valence-electron chi connectivity index (χ2n) is 5.22. The number of nitrogens with zero attached hydrogens (tertiary/aromatic N) is 2. The minimum atomic E-state index is -4.46. The number of halogens is 3. The van der Waals surface area contributed by atoms with Gasteiger partial charge >= 0.3 is 6.18 Å². The average Bonchev–Trinajstić information content (AvgIpc) is 2.93. The van der Waals surface area contributed by atoms with Gasteiger partial charge in [0.2, 0.25) is 0 Å². The van der Waals surface area contributed by atoms with Gasteiger partial charge in [0.25, 0.3) is 0 Å². The van der Waals surface area contributed by atoms with E-state index in [1.165, 1.54) is 6.07 Å². The minimum absolute atomic E-state index is 0.115. The highest BCUT2D eigenvalue weighted by Crippen LogP contribution is 2.34. The predicted molar refractivity (Wildman–Crippen MR) is 74.6 cm³/mol. The molecule has 0 aliphatic carbocycles. The van der Waals surface area contributed by atoms with E-state index in [4.69, 9.17) is 10.9 Å². The highest BCUT2D eigenvalue weighted by molar-refractivity contribution is 6.02. The van der Waals surface area contributed by atoms with E-state index < -0.39 is 11.7 Å². The Morgan fingerprint density at radius 1 is 1.48 bits per heavy atom. The summed E-state index contributed by atoms with van der Waals surface area (Å²) in [5.41, 5.74) is 5.43. The summed E-state index contributed by atoms with van der Waals surface area (Å²) in [5.74, 6) is 0.212. The quantitative estimate of drug-likeness (QED) is 0.390. The van der Waals surface area contributed by atoms with Gasteiger partial charge in [-0.1, -0.05) is 18.5 Å². The van der Waals surface area contributed by atoms with Crippen molar-refractivity contribution in [1.82, 2.24) is 0 Å². The van der Waals surface area contributed by atoms with Crippen LogP contribution >= 0.6 is 0 Å². The number of rotatable bonds is 3. The Hall–Kier alpha value is -1.92.